The zero-order valence-corrected chi connectivity index (χ0v) is 23.7. The van der Waals surface area contributed by atoms with Crippen molar-refractivity contribution < 1.29 is 23.5 Å². The summed E-state index contributed by atoms with van der Waals surface area (Å²) in [5.74, 6) is -0.384. The smallest absolute Gasteiger partial charge is 0.251 e. The van der Waals surface area contributed by atoms with Crippen LogP contribution in [0.2, 0.25) is 0 Å². The zero-order valence-electron chi connectivity index (χ0n) is 23.7. The monoisotopic (exact) mass is 563 g/mol. The number of hydrogen-bond acceptors (Lipinski definition) is 7. The van der Waals surface area contributed by atoms with E-state index >= 15 is 4.39 Å². The molecule has 0 spiro atoms. The van der Waals surface area contributed by atoms with E-state index in [1.54, 1.807) is 31.3 Å². The Morgan fingerprint density at radius 1 is 1.24 bits per heavy atom. The molecule has 9 nitrogen and oxygen atoms in total. The summed E-state index contributed by atoms with van der Waals surface area (Å²) in [6, 6.07) is 5.34. The van der Waals surface area contributed by atoms with Crippen molar-refractivity contribution in [3.05, 3.63) is 46.3 Å². The van der Waals surface area contributed by atoms with Gasteiger partial charge in [-0.3, -0.25) is 19.6 Å². The van der Waals surface area contributed by atoms with Crippen LogP contribution in [-0.2, 0) is 10.2 Å². The Bertz CT molecular complexity index is 1410. The Kier molecular flexibility index (Phi) is 6.90. The molecule has 2 atom stereocenters. The van der Waals surface area contributed by atoms with E-state index < -0.39 is 22.9 Å². The second-order valence-corrected chi connectivity index (χ2v) is 12.3. The lowest BCUT2D eigenvalue weighted by Gasteiger charge is -2.25. The van der Waals surface area contributed by atoms with Crippen molar-refractivity contribution in [2.24, 2.45) is 10.7 Å². The molecule has 10 heteroatoms. The maximum absolute atomic E-state index is 16.0. The van der Waals surface area contributed by atoms with Crippen LogP contribution in [0, 0.1) is 0 Å². The fraction of sp³-hybridized carbons (Fsp3) is 0.548. The number of rotatable bonds is 10. The molecule has 1 aromatic carbocycles. The standard InChI is InChI=1S/C31H38FN5O4/c1-30(29(34)39)16-41-27-21(30)13-23(37-26(27)17-5-3-4-6-17)22(31(32)9-10-31)15-36-28(38)18-11-19(14-35-20-7-8-20)25(33)24(12-18)40-2/h11-14,17,20,22H,3-10,15-16,33H2,1-2H3,(H2,34,39)(H,36,38)/t22-,30+/m1/s1. The van der Waals surface area contributed by atoms with Crippen molar-refractivity contribution in [1.82, 2.24) is 10.3 Å². The molecule has 0 radical (unpaired) electrons. The average molecular weight is 564 g/mol. The maximum atomic E-state index is 16.0. The van der Waals surface area contributed by atoms with Gasteiger partial charge < -0.3 is 26.3 Å². The molecule has 6 rings (SSSR count). The van der Waals surface area contributed by atoms with Crippen LogP contribution in [0.25, 0.3) is 0 Å². The van der Waals surface area contributed by atoms with Gasteiger partial charge in [-0.25, -0.2) is 4.39 Å². The molecule has 5 N–H and O–H groups in total. The van der Waals surface area contributed by atoms with Gasteiger partial charge in [-0.2, -0.15) is 0 Å². The Hall–Kier alpha value is -3.69. The van der Waals surface area contributed by atoms with Gasteiger partial charge in [0, 0.05) is 41.1 Å². The van der Waals surface area contributed by atoms with Crippen LogP contribution in [0.4, 0.5) is 10.1 Å². The zero-order chi connectivity index (χ0) is 28.9. The number of benzene rings is 1. The van der Waals surface area contributed by atoms with Crippen molar-refractivity contribution in [3.63, 3.8) is 0 Å². The second kappa shape index (κ2) is 10.3. The Morgan fingerprint density at radius 3 is 2.61 bits per heavy atom. The van der Waals surface area contributed by atoms with Gasteiger partial charge in [-0.15, -0.1) is 0 Å². The summed E-state index contributed by atoms with van der Waals surface area (Å²) >= 11 is 0. The highest BCUT2D eigenvalue weighted by Crippen LogP contribution is 2.53. The van der Waals surface area contributed by atoms with Crippen molar-refractivity contribution >= 4 is 23.7 Å². The normalized spacial score (nSPS) is 23.7. The lowest BCUT2D eigenvalue weighted by molar-refractivity contribution is -0.123. The second-order valence-electron chi connectivity index (χ2n) is 12.3. The average Bonchev–Trinajstić information content (AvgIpc) is 3.84. The fourth-order valence-electron chi connectivity index (χ4n) is 6.07. The van der Waals surface area contributed by atoms with Gasteiger partial charge in [0.05, 0.1) is 30.5 Å². The van der Waals surface area contributed by atoms with Gasteiger partial charge in [0.1, 0.15) is 29.2 Å². The number of anilines is 1. The number of ether oxygens (including phenoxy) is 2. The summed E-state index contributed by atoms with van der Waals surface area (Å²) in [7, 11) is 1.50. The van der Waals surface area contributed by atoms with Crippen LogP contribution < -0.4 is 26.3 Å². The minimum absolute atomic E-state index is 0.0392. The predicted molar refractivity (Wildman–Crippen MR) is 154 cm³/mol. The summed E-state index contributed by atoms with van der Waals surface area (Å²) in [4.78, 5) is 35.4. The number of methoxy groups -OCH3 is 1. The van der Waals surface area contributed by atoms with Crippen molar-refractivity contribution in [1.29, 1.82) is 0 Å². The first-order chi connectivity index (χ1) is 19.6. The summed E-state index contributed by atoms with van der Waals surface area (Å²) in [6.07, 6.45) is 8.64. The third-order valence-corrected chi connectivity index (χ3v) is 9.21. The van der Waals surface area contributed by atoms with Crippen molar-refractivity contribution in [2.45, 2.75) is 87.3 Å². The van der Waals surface area contributed by atoms with Crippen LogP contribution in [0.3, 0.4) is 0 Å². The Balaban J connectivity index is 1.31. The predicted octanol–water partition coefficient (Wildman–Crippen LogP) is 4.06. The Morgan fingerprint density at radius 2 is 1.98 bits per heavy atom. The molecule has 41 heavy (non-hydrogen) atoms. The molecule has 0 bridgehead atoms. The number of amides is 2. The lowest BCUT2D eigenvalue weighted by atomic mass is 9.81. The molecule has 1 aromatic heterocycles. The summed E-state index contributed by atoms with van der Waals surface area (Å²) in [6.45, 7) is 1.94. The first kappa shape index (κ1) is 27.5. The minimum Gasteiger partial charge on any atom is -0.495 e. The van der Waals surface area contributed by atoms with Gasteiger partial charge in [0.2, 0.25) is 5.91 Å². The van der Waals surface area contributed by atoms with Crippen LogP contribution >= 0.6 is 0 Å². The largest absolute Gasteiger partial charge is 0.495 e. The topological polar surface area (TPSA) is 142 Å². The van der Waals surface area contributed by atoms with Crippen molar-refractivity contribution in [3.8, 4) is 11.5 Å². The van der Waals surface area contributed by atoms with Crippen LogP contribution in [0.15, 0.2) is 23.2 Å². The Labute approximate surface area is 239 Å². The van der Waals surface area contributed by atoms with Crippen LogP contribution in [-0.4, -0.2) is 55.0 Å². The van der Waals surface area contributed by atoms with Gasteiger partial charge in [-0.05, 0) is 63.6 Å². The number of nitrogens with two attached hydrogens (primary N) is 2. The molecule has 2 amide bonds. The summed E-state index contributed by atoms with van der Waals surface area (Å²) in [5.41, 5.74) is 12.9. The van der Waals surface area contributed by atoms with E-state index in [9.17, 15) is 9.59 Å². The molecule has 1 aliphatic heterocycles. The molecular weight excluding hydrogens is 525 g/mol. The lowest BCUT2D eigenvalue weighted by Crippen LogP contribution is -2.40. The quantitative estimate of drug-likeness (QED) is 0.294. The molecule has 4 aliphatic rings. The molecule has 3 fully saturated rings. The number of nitrogen functional groups attached to an aromatic ring is 1. The number of fused-ring (bicyclic) bond motifs is 1. The van der Waals surface area contributed by atoms with Crippen LogP contribution in [0.1, 0.15) is 103 Å². The summed E-state index contributed by atoms with van der Waals surface area (Å²) < 4.78 is 27.4. The van der Waals surface area contributed by atoms with Gasteiger partial charge in [0.25, 0.3) is 5.91 Å². The number of nitrogens with zero attached hydrogens (tertiary/aromatic N) is 2. The van der Waals surface area contributed by atoms with E-state index in [1.807, 2.05) is 0 Å². The summed E-state index contributed by atoms with van der Waals surface area (Å²) in [5, 5.41) is 2.94. The number of nitrogens with one attached hydrogen (secondary N) is 1. The number of pyridine rings is 1. The van der Waals surface area contributed by atoms with E-state index in [2.05, 4.69) is 10.3 Å². The molecule has 218 valence electrons. The number of halogens is 1. The molecule has 0 unspecified atom stereocenters. The molecule has 3 saturated carbocycles. The number of primary amides is 1. The van der Waals surface area contributed by atoms with E-state index in [-0.39, 0.29) is 25.0 Å². The van der Waals surface area contributed by atoms with Gasteiger partial charge in [-0.1, -0.05) is 12.8 Å². The van der Waals surface area contributed by atoms with Crippen molar-refractivity contribution in [2.75, 3.05) is 26.0 Å². The third-order valence-electron chi connectivity index (χ3n) is 9.21. The molecule has 0 saturated heterocycles. The van der Waals surface area contributed by atoms with E-state index in [1.165, 1.54) is 7.11 Å². The SMILES string of the molecule is COc1cc(C(=O)NC[C@H](c2cc3c(c(C4CCCC4)n2)OC[C@]3(C)C(N)=O)C2(F)CC2)cc(C=NC2CC2)c1N. The highest BCUT2D eigenvalue weighted by atomic mass is 19.1. The third kappa shape index (κ3) is 5.13. The van der Waals surface area contributed by atoms with E-state index in [0.717, 1.165) is 44.2 Å². The first-order valence-electron chi connectivity index (χ1n) is 14.6. The first-order valence-corrected chi connectivity index (χ1v) is 14.6. The number of carbonyl (C=O) groups excluding carboxylic acids is 2. The molecular formula is C31H38FN5O4. The van der Waals surface area contributed by atoms with Crippen LogP contribution in [0.5, 0.6) is 11.5 Å². The number of carbonyl (C=O) groups is 2. The van der Waals surface area contributed by atoms with Gasteiger partial charge in [0.15, 0.2) is 0 Å². The van der Waals surface area contributed by atoms with Gasteiger partial charge >= 0.3 is 0 Å². The highest BCUT2D eigenvalue weighted by molar-refractivity contribution is 5.99. The number of aliphatic imine (C=N–C) groups is 1. The van der Waals surface area contributed by atoms with E-state index in [4.69, 9.17) is 25.9 Å². The molecule has 3 aliphatic carbocycles. The number of hydrogen-bond donors (Lipinski definition) is 3. The highest BCUT2D eigenvalue weighted by Gasteiger charge is 2.53. The number of alkyl halides is 1. The van der Waals surface area contributed by atoms with E-state index in [0.29, 0.717) is 58.5 Å². The fourth-order valence-corrected chi connectivity index (χ4v) is 6.07. The minimum atomic E-state index is -1.50. The number of aromatic nitrogens is 1. The molecule has 2 heterocycles. The maximum Gasteiger partial charge on any atom is 0.251 e. The molecule has 2 aromatic rings.